The van der Waals surface area contributed by atoms with Crippen LogP contribution in [0.2, 0.25) is 0 Å². The average Bonchev–Trinajstić information content (AvgIpc) is 3.08. The molecule has 1 amide bonds. The number of hydrogen-bond donors (Lipinski definition) is 1. The van der Waals surface area contributed by atoms with Gasteiger partial charge in [0, 0.05) is 29.2 Å². The minimum absolute atomic E-state index is 0.103. The highest BCUT2D eigenvalue weighted by atomic mass is 16.1. The van der Waals surface area contributed by atoms with E-state index in [0.29, 0.717) is 5.56 Å². The number of aromatic nitrogens is 2. The molecule has 0 aliphatic heterocycles. The maximum atomic E-state index is 12.4. The molecule has 0 radical (unpaired) electrons. The monoisotopic (exact) mass is 341 g/mol. The fraction of sp³-hybridized carbons (Fsp3) is 0.0909. The third kappa shape index (κ3) is 3.09. The molecule has 2 aromatic heterocycles. The number of hydrogen-bond acceptors (Lipinski definition) is 2. The summed E-state index contributed by atoms with van der Waals surface area (Å²) in [5.41, 5.74) is 6.55. The zero-order valence-electron chi connectivity index (χ0n) is 14.7. The standard InChI is InChI=1S/C22H19N3O/c1-15-6-7-18(13-16(15)2)22(26)23-19-10-8-17(9-11-19)20-14-25-12-4-3-5-21(25)24-20/h3-14H,1-2H3,(H,23,26). The van der Waals surface area contributed by atoms with Gasteiger partial charge < -0.3 is 9.72 Å². The van der Waals surface area contributed by atoms with E-state index in [-0.39, 0.29) is 5.91 Å². The lowest BCUT2D eigenvalue weighted by Gasteiger charge is -2.08. The molecule has 0 saturated carbocycles. The number of amides is 1. The maximum absolute atomic E-state index is 12.4. The highest BCUT2D eigenvalue weighted by Crippen LogP contribution is 2.22. The Balaban J connectivity index is 1.53. The van der Waals surface area contributed by atoms with E-state index in [1.807, 2.05) is 91.3 Å². The van der Waals surface area contributed by atoms with E-state index in [0.717, 1.165) is 28.2 Å². The van der Waals surface area contributed by atoms with Gasteiger partial charge >= 0.3 is 0 Å². The number of nitrogens with one attached hydrogen (secondary N) is 1. The molecule has 0 bridgehead atoms. The van der Waals surface area contributed by atoms with Gasteiger partial charge in [0.25, 0.3) is 5.91 Å². The second kappa shape index (κ2) is 6.48. The summed E-state index contributed by atoms with van der Waals surface area (Å²) in [6.07, 6.45) is 3.97. The number of pyridine rings is 1. The number of carbonyl (C=O) groups is 1. The first kappa shape index (κ1) is 16.1. The third-order valence-electron chi connectivity index (χ3n) is 4.57. The molecule has 0 atom stereocenters. The van der Waals surface area contributed by atoms with Crippen LogP contribution in [-0.2, 0) is 0 Å². The van der Waals surface area contributed by atoms with Crippen LogP contribution in [0.25, 0.3) is 16.9 Å². The summed E-state index contributed by atoms with van der Waals surface area (Å²) in [5.74, 6) is -0.103. The maximum Gasteiger partial charge on any atom is 0.255 e. The number of aryl methyl sites for hydroxylation is 2. The smallest absolute Gasteiger partial charge is 0.255 e. The van der Waals surface area contributed by atoms with E-state index < -0.39 is 0 Å². The summed E-state index contributed by atoms with van der Waals surface area (Å²) in [5, 5.41) is 2.95. The van der Waals surface area contributed by atoms with E-state index in [4.69, 9.17) is 0 Å². The van der Waals surface area contributed by atoms with Crippen LogP contribution < -0.4 is 5.32 Å². The molecule has 1 N–H and O–H groups in total. The van der Waals surface area contributed by atoms with Crippen molar-refractivity contribution in [1.82, 2.24) is 9.38 Å². The van der Waals surface area contributed by atoms with Gasteiger partial charge in [0.2, 0.25) is 0 Å². The second-order valence-electron chi connectivity index (χ2n) is 6.42. The minimum atomic E-state index is -0.103. The molecule has 0 aliphatic carbocycles. The van der Waals surface area contributed by atoms with Crippen LogP contribution in [0.4, 0.5) is 5.69 Å². The molecular formula is C22H19N3O. The Morgan fingerprint density at radius 3 is 2.50 bits per heavy atom. The van der Waals surface area contributed by atoms with Crippen LogP contribution >= 0.6 is 0 Å². The Labute approximate surface area is 152 Å². The van der Waals surface area contributed by atoms with Crippen molar-refractivity contribution < 1.29 is 4.79 Å². The van der Waals surface area contributed by atoms with Gasteiger partial charge in [0.1, 0.15) is 5.65 Å². The first-order valence-corrected chi connectivity index (χ1v) is 8.53. The molecule has 0 aliphatic rings. The van der Waals surface area contributed by atoms with Crippen molar-refractivity contribution >= 4 is 17.2 Å². The van der Waals surface area contributed by atoms with Crippen molar-refractivity contribution in [3.8, 4) is 11.3 Å². The summed E-state index contributed by atoms with van der Waals surface area (Å²) in [6.45, 7) is 4.05. The Hall–Kier alpha value is -3.40. The van der Waals surface area contributed by atoms with Crippen LogP contribution in [0, 0.1) is 13.8 Å². The molecule has 26 heavy (non-hydrogen) atoms. The molecule has 0 spiro atoms. The zero-order valence-corrected chi connectivity index (χ0v) is 14.7. The highest BCUT2D eigenvalue weighted by Gasteiger charge is 2.08. The summed E-state index contributed by atoms with van der Waals surface area (Å²) in [4.78, 5) is 17.0. The van der Waals surface area contributed by atoms with Gasteiger partial charge in [-0.3, -0.25) is 4.79 Å². The third-order valence-corrected chi connectivity index (χ3v) is 4.57. The lowest BCUT2D eigenvalue weighted by Crippen LogP contribution is -2.12. The number of rotatable bonds is 3. The number of fused-ring (bicyclic) bond motifs is 1. The molecule has 4 aromatic rings. The van der Waals surface area contributed by atoms with Gasteiger partial charge in [0.15, 0.2) is 0 Å². The minimum Gasteiger partial charge on any atom is -0.322 e. The van der Waals surface area contributed by atoms with E-state index in [1.54, 1.807) is 0 Å². The summed E-state index contributed by atoms with van der Waals surface area (Å²) in [6, 6.07) is 19.4. The number of anilines is 1. The largest absolute Gasteiger partial charge is 0.322 e. The van der Waals surface area contributed by atoms with Gasteiger partial charge in [-0.25, -0.2) is 4.98 Å². The Bertz CT molecular complexity index is 1060. The van der Waals surface area contributed by atoms with Gasteiger partial charge in [-0.05, 0) is 61.4 Å². The van der Waals surface area contributed by atoms with Gasteiger partial charge in [-0.15, -0.1) is 0 Å². The SMILES string of the molecule is Cc1ccc(C(=O)Nc2ccc(-c3cn4ccccc4n3)cc2)cc1C. The number of nitrogens with zero attached hydrogens (tertiary/aromatic N) is 2. The molecule has 0 unspecified atom stereocenters. The van der Waals surface area contributed by atoms with E-state index in [1.165, 1.54) is 5.56 Å². The summed E-state index contributed by atoms with van der Waals surface area (Å²) in [7, 11) is 0. The van der Waals surface area contributed by atoms with Gasteiger partial charge in [-0.2, -0.15) is 0 Å². The molecule has 0 fully saturated rings. The molecule has 4 nitrogen and oxygen atoms in total. The van der Waals surface area contributed by atoms with E-state index >= 15 is 0 Å². The topological polar surface area (TPSA) is 46.4 Å². The van der Waals surface area contributed by atoms with Crippen molar-refractivity contribution in [1.29, 1.82) is 0 Å². The van der Waals surface area contributed by atoms with E-state index in [2.05, 4.69) is 10.3 Å². The molecule has 0 saturated heterocycles. The first-order chi connectivity index (χ1) is 12.6. The molecule has 4 rings (SSSR count). The van der Waals surface area contributed by atoms with Crippen molar-refractivity contribution in [3.63, 3.8) is 0 Å². The predicted octanol–water partition coefficient (Wildman–Crippen LogP) is 4.87. The fourth-order valence-corrected chi connectivity index (χ4v) is 2.88. The fourth-order valence-electron chi connectivity index (χ4n) is 2.88. The normalized spacial score (nSPS) is 10.8. The van der Waals surface area contributed by atoms with E-state index in [9.17, 15) is 4.79 Å². The molecule has 2 heterocycles. The molecular weight excluding hydrogens is 322 g/mol. The van der Waals surface area contributed by atoms with Crippen molar-refractivity contribution in [2.75, 3.05) is 5.32 Å². The van der Waals surface area contributed by atoms with Crippen molar-refractivity contribution in [3.05, 3.63) is 89.7 Å². The molecule has 2 aromatic carbocycles. The van der Waals surface area contributed by atoms with Crippen LogP contribution in [0.3, 0.4) is 0 Å². The molecule has 128 valence electrons. The predicted molar refractivity (Wildman–Crippen MR) is 104 cm³/mol. The second-order valence-corrected chi connectivity index (χ2v) is 6.42. The quantitative estimate of drug-likeness (QED) is 0.578. The lowest BCUT2D eigenvalue weighted by molar-refractivity contribution is 0.102. The highest BCUT2D eigenvalue weighted by molar-refractivity contribution is 6.04. The average molecular weight is 341 g/mol. The number of imidazole rings is 1. The first-order valence-electron chi connectivity index (χ1n) is 8.53. The van der Waals surface area contributed by atoms with Crippen LogP contribution in [0.1, 0.15) is 21.5 Å². The Morgan fingerprint density at radius 1 is 0.962 bits per heavy atom. The Morgan fingerprint density at radius 2 is 1.77 bits per heavy atom. The van der Waals surface area contributed by atoms with Gasteiger partial charge in [-0.1, -0.05) is 24.3 Å². The van der Waals surface area contributed by atoms with Crippen LogP contribution in [0.5, 0.6) is 0 Å². The van der Waals surface area contributed by atoms with Crippen LogP contribution in [0.15, 0.2) is 73.1 Å². The molecule has 4 heteroatoms. The summed E-state index contributed by atoms with van der Waals surface area (Å²) < 4.78 is 1.99. The zero-order chi connectivity index (χ0) is 18.1. The number of benzene rings is 2. The van der Waals surface area contributed by atoms with Crippen LogP contribution in [-0.4, -0.2) is 15.3 Å². The number of carbonyl (C=O) groups excluding carboxylic acids is 1. The lowest BCUT2D eigenvalue weighted by atomic mass is 10.1. The van der Waals surface area contributed by atoms with Gasteiger partial charge in [0.05, 0.1) is 5.69 Å². The summed E-state index contributed by atoms with van der Waals surface area (Å²) >= 11 is 0. The Kier molecular flexibility index (Phi) is 4.01. The van der Waals surface area contributed by atoms with Crippen molar-refractivity contribution in [2.45, 2.75) is 13.8 Å². The van der Waals surface area contributed by atoms with Crippen molar-refractivity contribution in [2.24, 2.45) is 0 Å².